The van der Waals surface area contributed by atoms with Crippen molar-refractivity contribution in [3.8, 4) is 0 Å². The molecule has 0 spiro atoms. The van der Waals surface area contributed by atoms with E-state index in [0.29, 0.717) is 18.0 Å². The van der Waals surface area contributed by atoms with Crippen LogP contribution in [0.1, 0.15) is 24.4 Å². The molecule has 0 radical (unpaired) electrons. The summed E-state index contributed by atoms with van der Waals surface area (Å²) < 4.78 is 0. The highest BCUT2D eigenvalue weighted by atomic mass is 35.5. The largest absolute Gasteiger partial charge is 0.396 e. The van der Waals surface area contributed by atoms with Crippen LogP contribution in [0, 0.1) is 0 Å². The van der Waals surface area contributed by atoms with Crippen LogP contribution in [0.5, 0.6) is 0 Å². The molecule has 0 unspecified atom stereocenters. The molecule has 90 valence electrons. The Hall–Kier alpha value is -1.16. The number of aliphatic hydroxyl groups is 1. The van der Waals surface area contributed by atoms with Crippen LogP contribution in [-0.4, -0.2) is 16.7 Å². The highest BCUT2D eigenvalue weighted by molar-refractivity contribution is 6.30. The number of benzene rings is 1. The second kappa shape index (κ2) is 5.45. The molecular formula is C13H15ClN2O. The van der Waals surface area contributed by atoms with Crippen molar-refractivity contribution in [1.82, 2.24) is 4.98 Å². The lowest BCUT2D eigenvalue weighted by Crippen LogP contribution is -2.12. The standard InChI is InChI=1S/C13H15ClN2O/c14-13-10(11(15)5-3-7-17)8-9-4-1-2-6-12(9)16-13/h1-2,4,6,8,11,17H,3,5,7,15H2/t11-/m0/s1. The molecule has 1 aromatic carbocycles. The Labute approximate surface area is 105 Å². The zero-order valence-electron chi connectivity index (χ0n) is 9.44. The van der Waals surface area contributed by atoms with Crippen LogP contribution in [0.15, 0.2) is 30.3 Å². The van der Waals surface area contributed by atoms with Gasteiger partial charge in [0.1, 0.15) is 5.15 Å². The summed E-state index contributed by atoms with van der Waals surface area (Å²) in [5.41, 5.74) is 7.75. The van der Waals surface area contributed by atoms with Crippen LogP contribution in [0.4, 0.5) is 0 Å². The van der Waals surface area contributed by atoms with Crippen LogP contribution >= 0.6 is 11.6 Å². The highest BCUT2D eigenvalue weighted by Gasteiger charge is 2.12. The van der Waals surface area contributed by atoms with Crippen molar-refractivity contribution < 1.29 is 5.11 Å². The van der Waals surface area contributed by atoms with E-state index >= 15 is 0 Å². The highest BCUT2D eigenvalue weighted by Crippen LogP contribution is 2.26. The second-order valence-corrected chi connectivity index (χ2v) is 4.39. The molecular weight excluding hydrogens is 236 g/mol. The predicted molar refractivity (Wildman–Crippen MR) is 70.0 cm³/mol. The number of fused-ring (bicyclic) bond motifs is 1. The van der Waals surface area contributed by atoms with Crippen LogP contribution in [-0.2, 0) is 0 Å². The average molecular weight is 251 g/mol. The zero-order valence-corrected chi connectivity index (χ0v) is 10.2. The Kier molecular flexibility index (Phi) is 3.94. The molecule has 0 aliphatic heterocycles. The lowest BCUT2D eigenvalue weighted by molar-refractivity contribution is 0.280. The minimum atomic E-state index is -0.174. The van der Waals surface area contributed by atoms with E-state index in [4.69, 9.17) is 22.4 Å². The summed E-state index contributed by atoms with van der Waals surface area (Å²) in [5, 5.41) is 10.3. The van der Waals surface area contributed by atoms with Gasteiger partial charge in [0, 0.05) is 23.6 Å². The number of rotatable bonds is 4. The third-order valence-corrected chi connectivity index (χ3v) is 3.08. The SMILES string of the molecule is N[C@@H](CCCO)c1cc2ccccc2nc1Cl. The van der Waals surface area contributed by atoms with Crippen LogP contribution < -0.4 is 5.73 Å². The first-order valence-corrected chi connectivity index (χ1v) is 6.02. The quantitative estimate of drug-likeness (QED) is 0.821. The van der Waals surface area contributed by atoms with Crippen LogP contribution in [0.3, 0.4) is 0 Å². The van der Waals surface area contributed by atoms with Crippen LogP contribution in [0.25, 0.3) is 10.9 Å². The number of hydrogen-bond donors (Lipinski definition) is 2. The molecule has 0 fully saturated rings. The summed E-state index contributed by atoms with van der Waals surface area (Å²) in [4.78, 5) is 4.33. The summed E-state index contributed by atoms with van der Waals surface area (Å²) in [7, 11) is 0. The molecule has 0 bridgehead atoms. The van der Waals surface area contributed by atoms with E-state index in [1.807, 2.05) is 30.3 Å². The molecule has 0 aliphatic rings. The van der Waals surface area contributed by atoms with E-state index in [2.05, 4.69) is 4.98 Å². The molecule has 0 aliphatic carbocycles. The molecule has 0 saturated carbocycles. The van der Waals surface area contributed by atoms with E-state index < -0.39 is 0 Å². The summed E-state index contributed by atoms with van der Waals surface area (Å²) in [6, 6.07) is 9.60. The van der Waals surface area contributed by atoms with Gasteiger partial charge in [-0.15, -0.1) is 0 Å². The first kappa shape index (κ1) is 12.3. The Balaban J connectivity index is 2.36. The number of halogens is 1. The van der Waals surface area contributed by atoms with E-state index in [1.165, 1.54) is 0 Å². The van der Waals surface area contributed by atoms with Crippen molar-refractivity contribution in [3.05, 3.63) is 41.0 Å². The zero-order chi connectivity index (χ0) is 12.3. The lowest BCUT2D eigenvalue weighted by Gasteiger charge is -2.13. The molecule has 1 aromatic heterocycles. The van der Waals surface area contributed by atoms with E-state index in [1.54, 1.807) is 0 Å². The summed E-state index contributed by atoms with van der Waals surface area (Å²) in [6.45, 7) is 0.145. The minimum Gasteiger partial charge on any atom is -0.396 e. The number of aliphatic hydroxyl groups excluding tert-OH is 1. The van der Waals surface area contributed by atoms with Gasteiger partial charge in [-0.2, -0.15) is 0 Å². The number of nitrogens with zero attached hydrogens (tertiary/aromatic N) is 1. The number of pyridine rings is 1. The molecule has 0 saturated heterocycles. The summed E-state index contributed by atoms with van der Waals surface area (Å²) >= 11 is 6.12. The Morgan fingerprint density at radius 1 is 1.35 bits per heavy atom. The van der Waals surface area contributed by atoms with E-state index in [0.717, 1.165) is 16.5 Å². The fraction of sp³-hybridized carbons (Fsp3) is 0.308. The van der Waals surface area contributed by atoms with Crippen molar-refractivity contribution in [3.63, 3.8) is 0 Å². The molecule has 2 aromatic rings. The smallest absolute Gasteiger partial charge is 0.134 e. The average Bonchev–Trinajstić information content (AvgIpc) is 2.35. The second-order valence-electron chi connectivity index (χ2n) is 4.03. The first-order chi connectivity index (χ1) is 8.22. The van der Waals surface area contributed by atoms with Gasteiger partial charge in [-0.05, 0) is 25.0 Å². The molecule has 4 heteroatoms. The molecule has 1 heterocycles. The van der Waals surface area contributed by atoms with Crippen molar-refractivity contribution in [2.45, 2.75) is 18.9 Å². The third-order valence-electron chi connectivity index (χ3n) is 2.78. The van der Waals surface area contributed by atoms with E-state index in [-0.39, 0.29) is 12.6 Å². The number of nitrogens with two attached hydrogens (primary N) is 1. The Morgan fingerprint density at radius 3 is 2.88 bits per heavy atom. The van der Waals surface area contributed by atoms with Gasteiger partial charge in [0.25, 0.3) is 0 Å². The molecule has 3 N–H and O–H groups in total. The molecule has 17 heavy (non-hydrogen) atoms. The summed E-state index contributed by atoms with van der Waals surface area (Å²) in [5.74, 6) is 0. The van der Waals surface area contributed by atoms with Crippen molar-refractivity contribution >= 4 is 22.5 Å². The van der Waals surface area contributed by atoms with Crippen molar-refractivity contribution in [2.75, 3.05) is 6.61 Å². The number of para-hydroxylation sites is 1. The fourth-order valence-electron chi connectivity index (χ4n) is 1.84. The van der Waals surface area contributed by atoms with Gasteiger partial charge in [-0.25, -0.2) is 4.98 Å². The van der Waals surface area contributed by atoms with Crippen LogP contribution in [0.2, 0.25) is 5.15 Å². The maximum Gasteiger partial charge on any atom is 0.134 e. The summed E-state index contributed by atoms with van der Waals surface area (Å²) in [6.07, 6.45) is 1.38. The minimum absolute atomic E-state index is 0.145. The van der Waals surface area contributed by atoms with Gasteiger partial charge in [-0.1, -0.05) is 29.8 Å². The first-order valence-electron chi connectivity index (χ1n) is 5.64. The van der Waals surface area contributed by atoms with Gasteiger partial charge >= 0.3 is 0 Å². The van der Waals surface area contributed by atoms with Crippen molar-refractivity contribution in [1.29, 1.82) is 0 Å². The topological polar surface area (TPSA) is 59.1 Å². The molecule has 2 rings (SSSR count). The van der Waals surface area contributed by atoms with Gasteiger partial charge in [0.15, 0.2) is 0 Å². The molecule has 3 nitrogen and oxygen atoms in total. The van der Waals surface area contributed by atoms with Gasteiger partial charge in [0.05, 0.1) is 5.52 Å². The van der Waals surface area contributed by atoms with Gasteiger partial charge in [0.2, 0.25) is 0 Å². The molecule has 1 atom stereocenters. The molecule has 0 amide bonds. The van der Waals surface area contributed by atoms with Crippen molar-refractivity contribution in [2.24, 2.45) is 5.73 Å². The Bertz CT molecular complexity index is 516. The normalized spacial score (nSPS) is 12.9. The van der Waals surface area contributed by atoms with E-state index in [9.17, 15) is 0 Å². The predicted octanol–water partition coefficient (Wildman–Crippen LogP) is 2.66. The van der Waals surface area contributed by atoms with Gasteiger partial charge in [-0.3, -0.25) is 0 Å². The number of hydrogen-bond acceptors (Lipinski definition) is 3. The maximum atomic E-state index is 8.80. The Morgan fingerprint density at radius 2 is 2.12 bits per heavy atom. The third kappa shape index (κ3) is 2.75. The van der Waals surface area contributed by atoms with Gasteiger partial charge < -0.3 is 10.8 Å². The monoisotopic (exact) mass is 250 g/mol. The number of aromatic nitrogens is 1. The lowest BCUT2D eigenvalue weighted by atomic mass is 10.0. The maximum absolute atomic E-state index is 8.80. The fourth-order valence-corrected chi connectivity index (χ4v) is 2.12.